The van der Waals surface area contributed by atoms with Crippen molar-refractivity contribution in [3.63, 3.8) is 0 Å². The molecule has 0 aromatic rings. The van der Waals surface area contributed by atoms with Gasteiger partial charge in [-0.2, -0.15) is 0 Å². The summed E-state index contributed by atoms with van der Waals surface area (Å²) in [4.78, 5) is 13.4. The van der Waals surface area contributed by atoms with Gasteiger partial charge in [0.2, 0.25) is 5.91 Å². The highest BCUT2D eigenvalue weighted by Crippen LogP contribution is 2.30. The standard InChI is InChI=1S/C84H159NO13/c1-3-5-7-9-11-13-15-17-19-21-23-25-27-29-31-32-33-34-35-36-37-38-39-40-42-44-46-48-50-52-54-56-58-60-62-64-66-68-76(89)85-72(71-95-83-81(94)79(92)82(75(70-87)97-83)98-84-80(93)78(91)77(90)74(69-86)96-84)73(88)67-65-63-61-59-57-55-53-51-49-47-45-43-41-30-28-26-24-22-20-18-16-14-12-10-8-6-4-2/h49,51,57,59,65,67,72-75,77-84,86-88,90-94H,3-48,50,52-56,58,60-64,66,68-71H2,1-2H3,(H,85,89)/b51-49+,59-57+,67-65+. The lowest BCUT2D eigenvalue weighted by Crippen LogP contribution is -2.65. The number of nitrogens with one attached hydrogen (secondary N) is 1. The first-order valence-corrected chi connectivity index (χ1v) is 42.2. The normalized spacial score (nSPS) is 22.1. The van der Waals surface area contributed by atoms with Crippen LogP contribution in [-0.2, 0) is 23.7 Å². The second kappa shape index (κ2) is 68.3. The van der Waals surface area contributed by atoms with Gasteiger partial charge in [-0.3, -0.25) is 4.79 Å². The van der Waals surface area contributed by atoms with E-state index in [1.54, 1.807) is 6.08 Å². The molecule has 9 N–H and O–H groups in total. The summed E-state index contributed by atoms with van der Waals surface area (Å²) in [5, 5.41) is 87.7. The molecule has 12 unspecified atom stereocenters. The molecule has 2 saturated heterocycles. The number of aliphatic hydroxyl groups is 8. The molecule has 1 amide bonds. The zero-order valence-corrected chi connectivity index (χ0v) is 63.6. The first kappa shape index (κ1) is 92.3. The monoisotopic (exact) mass is 1390 g/mol. The van der Waals surface area contributed by atoms with E-state index >= 15 is 0 Å². The van der Waals surface area contributed by atoms with Crippen LogP contribution < -0.4 is 5.32 Å². The molecule has 0 radical (unpaired) electrons. The fourth-order valence-corrected chi connectivity index (χ4v) is 14.2. The molecule has 14 nitrogen and oxygen atoms in total. The highest BCUT2D eigenvalue weighted by molar-refractivity contribution is 5.76. The molecular weight excluding hydrogens is 1230 g/mol. The van der Waals surface area contributed by atoms with E-state index in [1.807, 2.05) is 6.08 Å². The zero-order chi connectivity index (χ0) is 70.8. The van der Waals surface area contributed by atoms with Gasteiger partial charge in [-0.05, 0) is 44.9 Å². The van der Waals surface area contributed by atoms with Crippen LogP contribution in [0, 0.1) is 0 Å². The number of carbonyl (C=O) groups is 1. The molecule has 2 heterocycles. The Balaban J connectivity index is 1.59. The highest BCUT2D eigenvalue weighted by Gasteiger charge is 2.51. The summed E-state index contributed by atoms with van der Waals surface area (Å²) in [7, 11) is 0. The molecule has 0 aromatic heterocycles. The van der Waals surface area contributed by atoms with E-state index in [2.05, 4.69) is 43.5 Å². The van der Waals surface area contributed by atoms with Crippen molar-refractivity contribution < 1.29 is 64.6 Å². The van der Waals surface area contributed by atoms with Gasteiger partial charge in [0.1, 0.15) is 48.8 Å². The number of carbonyl (C=O) groups excluding carboxylic acids is 1. The Bertz CT molecular complexity index is 1780. The fourth-order valence-electron chi connectivity index (χ4n) is 14.2. The lowest BCUT2D eigenvalue weighted by atomic mass is 9.97. The average molecular weight is 1390 g/mol. The molecule has 578 valence electrons. The van der Waals surface area contributed by atoms with Crippen LogP contribution >= 0.6 is 0 Å². The largest absolute Gasteiger partial charge is 0.394 e. The van der Waals surface area contributed by atoms with Crippen LogP contribution in [0.1, 0.15) is 399 Å². The minimum Gasteiger partial charge on any atom is -0.394 e. The summed E-state index contributed by atoms with van der Waals surface area (Å²) in [6, 6.07) is -0.938. The quantitative estimate of drug-likeness (QED) is 0.0204. The summed E-state index contributed by atoms with van der Waals surface area (Å²) in [5.41, 5.74) is 0. The predicted molar refractivity (Wildman–Crippen MR) is 406 cm³/mol. The van der Waals surface area contributed by atoms with E-state index in [0.717, 1.165) is 44.9 Å². The van der Waals surface area contributed by atoms with Crippen molar-refractivity contribution in [1.29, 1.82) is 0 Å². The van der Waals surface area contributed by atoms with Gasteiger partial charge in [-0.1, -0.05) is 384 Å². The third-order valence-electron chi connectivity index (χ3n) is 20.8. The van der Waals surface area contributed by atoms with Gasteiger partial charge in [0.05, 0.1) is 32.0 Å². The first-order chi connectivity index (χ1) is 48.1. The Morgan fingerprint density at radius 2 is 0.653 bits per heavy atom. The maximum Gasteiger partial charge on any atom is 0.220 e. The van der Waals surface area contributed by atoms with Gasteiger partial charge >= 0.3 is 0 Å². The number of ether oxygens (including phenoxy) is 4. The SMILES string of the molecule is CCCCCCCCCCCCCCCCCCC/C=C/CC/C=C/CC/C=C/C(O)C(COC1OC(CO)C(OC2OC(CO)C(O)C(O)C2O)C(O)C1O)NC(=O)CCCCCCCCCCCCCCCCCCCCCCCCCCCCCCCCCCCCCCC. The van der Waals surface area contributed by atoms with Crippen LogP contribution in [0.2, 0.25) is 0 Å². The first-order valence-electron chi connectivity index (χ1n) is 42.2. The van der Waals surface area contributed by atoms with Crippen molar-refractivity contribution in [2.24, 2.45) is 0 Å². The van der Waals surface area contributed by atoms with Crippen LogP contribution in [0.4, 0.5) is 0 Å². The van der Waals surface area contributed by atoms with Crippen molar-refractivity contribution >= 4 is 5.91 Å². The molecule has 2 aliphatic rings. The van der Waals surface area contributed by atoms with Gasteiger partial charge in [0.25, 0.3) is 0 Å². The molecule has 0 saturated carbocycles. The van der Waals surface area contributed by atoms with Crippen LogP contribution in [-0.4, -0.2) is 140 Å². The van der Waals surface area contributed by atoms with Crippen LogP contribution in [0.5, 0.6) is 0 Å². The van der Waals surface area contributed by atoms with E-state index in [-0.39, 0.29) is 18.9 Å². The molecule has 98 heavy (non-hydrogen) atoms. The van der Waals surface area contributed by atoms with Crippen molar-refractivity contribution in [1.82, 2.24) is 5.32 Å². The second-order valence-electron chi connectivity index (χ2n) is 30.0. The molecule has 0 spiro atoms. The molecule has 2 rings (SSSR count). The van der Waals surface area contributed by atoms with E-state index in [1.165, 1.54) is 321 Å². The summed E-state index contributed by atoms with van der Waals surface area (Å²) >= 11 is 0. The number of rotatable bonds is 72. The summed E-state index contributed by atoms with van der Waals surface area (Å²) in [6.07, 6.45) is 74.0. The minimum absolute atomic E-state index is 0.245. The van der Waals surface area contributed by atoms with E-state index < -0.39 is 86.8 Å². The Labute approximate surface area is 601 Å². The van der Waals surface area contributed by atoms with Crippen molar-refractivity contribution in [2.75, 3.05) is 19.8 Å². The molecule has 2 fully saturated rings. The average Bonchev–Trinajstić information content (AvgIpc) is 0.793. The highest BCUT2D eigenvalue weighted by atomic mass is 16.7. The number of aliphatic hydroxyl groups excluding tert-OH is 8. The molecular formula is C84H159NO13. The maximum atomic E-state index is 13.4. The Morgan fingerprint density at radius 1 is 0.357 bits per heavy atom. The van der Waals surface area contributed by atoms with E-state index in [9.17, 15) is 45.6 Å². The number of unbranched alkanes of at least 4 members (excludes halogenated alkanes) is 55. The molecule has 0 aromatic carbocycles. The Morgan fingerprint density at radius 3 is 1.00 bits per heavy atom. The summed E-state index contributed by atoms with van der Waals surface area (Å²) in [5.74, 6) is -0.245. The lowest BCUT2D eigenvalue weighted by Gasteiger charge is -2.46. The van der Waals surface area contributed by atoms with Gasteiger partial charge in [-0.25, -0.2) is 0 Å². The molecule has 12 atom stereocenters. The van der Waals surface area contributed by atoms with Gasteiger partial charge in [0, 0.05) is 6.42 Å². The number of hydrogen-bond acceptors (Lipinski definition) is 13. The Kier molecular flexibility index (Phi) is 64.3. The fraction of sp³-hybridized carbons (Fsp3) is 0.917. The van der Waals surface area contributed by atoms with Crippen LogP contribution in [0.25, 0.3) is 0 Å². The summed E-state index contributed by atoms with van der Waals surface area (Å²) < 4.78 is 22.9. The third-order valence-corrected chi connectivity index (χ3v) is 20.8. The van der Waals surface area contributed by atoms with Crippen LogP contribution in [0.3, 0.4) is 0 Å². The topological polar surface area (TPSA) is 228 Å². The predicted octanol–water partition coefficient (Wildman–Crippen LogP) is 19.6. The smallest absolute Gasteiger partial charge is 0.220 e. The number of hydrogen-bond donors (Lipinski definition) is 9. The molecule has 14 heteroatoms. The van der Waals surface area contributed by atoms with Gasteiger partial charge in [-0.15, -0.1) is 0 Å². The van der Waals surface area contributed by atoms with E-state index in [4.69, 9.17) is 18.9 Å². The Hall–Kier alpha value is -1.79. The second-order valence-corrected chi connectivity index (χ2v) is 30.0. The molecule has 0 bridgehead atoms. The van der Waals surface area contributed by atoms with E-state index in [0.29, 0.717) is 12.8 Å². The number of allylic oxidation sites excluding steroid dienone is 5. The number of amides is 1. The van der Waals surface area contributed by atoms with Crippen molar-refractivity contribution in [3.05, 3.63) is 36.5 Å². The zero-order valence-electron chi connectivity index (χ0n) is 63.6. The summed E-state index contributed by atoms with van der Waals surface area (Å²) in [6.45, 7) is 2.85. The van der Waals surface area contributed by atoms with Gasteiger partial charge in [0.15, 0.2) is 12.6 Å². The lowest BCUT2D eigenvalue weighted by molar-refractivity contribution is -0.359. The maximum absolute atomic E-state index is 13.4. The van der Waals surface area contributed by atoms with Crippen LogP contribution in [0.15, 0.2) is 36.5 Å². The third kappa shape index (κ3) is 50.6. The van der Waals surface area contributed by atoms with Crippen molar-refractivity contribution in [2.45, 2.75) is 473 Å². The molecule has 2 aliphatic heterocycles. The van der Waals surface area contributed by atoms with Gasteiger partial charge < -0.3 is 65.1 Å². The molecule has 0 aliphatic carbocycles. The van der Waals surface area contributed by atoms with Crippen molar-refractivity contribution in [3.8, 4) is 0 Å². The minimum atomic E-state index is -1.79.